The van der Waals surface area contributed by atoms with Crippen LogP contribution in [-0.4, -0.2) is 32.2 Å². The maximum atomic E-state index is 8.78. The van der Waals surface area contributed by atoms with Crippen molar-refractivity contribution in [1.29, 1.82) is 0 Å². The summed E-state index contributed by atoms with van der Waals surface area (Å²) in [5, 5.41) is 18.1. The first kappa shape index (κ1) is 13.1. The van der Waals surface area contributed by atoms with E-state index < -0.39 is 0 Å². The average molecular weight is 263 g/mol. The Balaban J connectivity index is 2.23. The Morgan fingerprint density at radius 2 is 2.06 bits per heavy atom. The zero-order valence-electron chi connectivity index (χ0n) is 10.6. The molecule has 0 fully saturated rings. The van der Waals surface area contributed by atoms with Crippen molar-refractivity contribution in [2.24, 2.45) is 7.05 Å². The molecule has 0 unspecified atom stereocenters. The minimum atomic E-state index is 0.218. The number of aliphatic hydroxyl groups is 1. The van der Waals surface area contributed by atoms with E-state index in [1.54, 1.807) is 11.8 Å². The molecule has 0 aliphatic carbocycles. The van der Waals surface area contributed by atoms with Crippen molar-refractivity contribution in [2.45, 2.75) is 18.5 Å². The molecule has 0 radical (unpaired) electrons. The van der Waals surface area contributed by atoms with Crippen molar-refractivity contribution in [2.75, 3.05) is 12.4 Å². The van der Waals surface area contributed by atoms with Crippen LogP contribution in [0.2, 0.25) is 0 Å². The quantitative estimate of drug-likeness (QED) is 0.664. The molecule has 0 spiro atoms. The smallest absolute Gasteiger partial charge is 0.191 e. The van der Waals surface area contributed by atoms with E-state index in [2.05, 4.69) is 29.3 Å². The number of nitrogens with zero attached hydrogens (tertiary/aromatic N) is 3. The molecular weight excluding hydrogens is 246 g/mol. The Labute approximate surface area is 111 Å². The summed E-state index contributed by atoms with van der Waals surface area (Å²) in [4.78, 5) is 0. The van der Waals surface area contributed by atoms with Crippen LogP contribution in [0.4, 0.5) is 0 Å². The summed E-state index contributed by atoms with van der Waals surface area (Å²) in [6, 6.07) is 8.16. The van der Waals surface area contributed by atoms with Crippen LogP contribution in [-0.2, 0) is 7.05 Å². The van der Waals surface area contributed by atoms with Crippen molar-refractivity contribution in [3.8, 4) is 11.4 Å². The van der Waals surface area contributed by atoms with E-state index in [0.29, 0.717) is 0 Å². The first-order valence-electron chi connectivity index (χ1n) is 5.93. The molecule has 96 valence electrons. The molecule has 0 bridgehead atoms. The van der Waals surface area contributed by atoms with Gasteiger partial charge in [0.15, 0.2) is 11.0 Å². The predicted octanol–water partition coefficient (Wildman–Crippen LogP) is 2.27. The van der Waals surface area contributed by atoms with Crippen LogP contribution < -0.4 is 0 Å². The molecule has 0 saturated heterocycles. The molecule has 1 N–H and O–H groups in total. The topological polar surface area (TPSA) is 50.9 Å². The predicted molar refractivity (Wildman–Crippen MR) is 73.6 cm³/mol. The van der Waals surface area contributed by atoms with Gasteiger partial charge in [-0.15, -0.1) is 10.2 Å². The number of hydrogen-bond donors (Lipinski definition) is 1. The zero-order chi connectivity index (χ0) is 13.0. The number of aryl methyl sites for hydroxylation is 1. The monoisotopic (exact) mass is 263 g/mol. The van der Waals surface area contributed by atoms with Crippen molar-refractivity contribution in [3.63, 3.8) is 0 Å². The van der Waals surface area contributed by atoms with Crippen LogP contribution in [0.3, 0.4) is 0 Å². The number of rotatable bonds is 5. The Morgan fingerprint density at radius 3 is 2.78 bits per heavy atom. The summed E-state index contributed by atoms with van der Waals surface area (Å²) < 4.78 is 2.00. The van der Waals surface area contributed by atoms with Gasteiger partial charge in [0.05, 0.1) is 0 Å². The highest BCUT2D eigenvalue weighted by Crippen LogP contribution is 2.25. The third-order valence-electron chi connectivity index (χ3n) is 2.75. The standard InChI is InChI=1S/C13H17N3OS/c1-10-6-3-4-7-11(10)12-14-15-13(16(12)2)18-9-5-8-17/h3-4,6-7,17H,5,8-9H2,1-2H3. The van der Waals surface area contributed by atoms with E-state index in [9.17, 15) is 0 Å². The molecule has 2 aromatic rings. The second-order valence-corrected chi connectivity index (χ2v) is 5.17. The van der Waals surface area contributed by atoms with E-state index in [1.807, 2.05) is 23.7 Å². The molecule has 1 heterocycles. The minimum absolute atomic E-state index is 0.218. The Morgan fingerprint density at radius 1 is 1.28 bits per heavy atom. The first-order valence-corrected chi connectivity index (χ1v) is 6.91. The lowest BCUT2D eigenvalue weighted by Gasteiger charge is -2.05. The maximum absolute atomic E-state index is 8.78. The Hall–Kier alpha value is -1.33. The van der Waals surface area contributed by atoms with Crippen LogP contribution in [0, 0.1) is 6.92 Å². The Kier molecular flexibility index (Phi) is 4.38. The first-order chi connectivity index (χ1) is 8.74. The van der Waals surface area contributed by atoms with E-state index in [4.69, 9.17) is 5.11 Å². The van der Waals surface area contributed by atoms with E-state index in [0.717, 1.165) is 28.7 Å². The summed E-state index contributed by atoms with van der Waals surface area (Å²) in [5.74, 6) is 1.75. The molecular formula is C13H17N3OS. The fraction of sp³-hybridized carbons (Fsp3) is 0.385. The molecule has 0 atom stereocenters. The second kappa shape index (κ2) is 6.02. The second-order valence-electron chi connectivity index (χ2n) is 4.11. The van der Waals surface area contributed by atoms with E-state index in [1.165, 1.54) is 5.56 Å². The fourth-order valence-electron chi connectivity index (χ4n) is 1.73. The largest absolute Gasteiger partial charge is 0.396 e. The van der Waals surface area contributed by atoms with Gasteiger partial charge in [-0.25, -0.2) is 0 Å². The van der Waals surface area contributed by atoms with Gasteiger partial charge in [0.2, 0.25) is 0 Å². The van der Waals surface area contributed by atoms with Gasteiger partial charge in [0.25, 0.3) is 0 Å². The number of aromatic nitrogens is 3. The maximum Gasteiger partial charge on any atom is 0.191 e. The van der Waals surface area contributed by atoms with Gasteiger partial charge in [0.1, 0.15) is 0 Å². The van der Waals surface area contributed by atoms with Gasteiger partial charge in [0, 0.05) is 25.0 Å². The zero-order valence-corrected chi connectivity index (χ0v) is 11.4. The van der Waals surface area contributed by atoms with Crippen LogP contribution in [0.25, 0.3) is 11.4 Å². The van der Waals surface area contributed by atoms with Crippen LogP contribution in [0.5, 0.6) is 0 Å². The molecule has 1 aromatic heterocycles. The summed E-state index contributed by atoms with van der Waals surface area (Å²) >= 11 is 1.62. The van der Waals surface area contributed by atoms with Crippen LogP contribution in [0.15, 0.2) is 29.4 Å². The summed E-state index contributed by atoms with van der Waals surface area (Å²) in [6.07, 6.45) is 0.775. The highest BCUT2D eigenvalue weighted by atomic mass is 32.2. The van der Waals surface area contributed by atoms with Gasteiger partial charge >= 0.3 is 0 Å². The van der Waals surface area contributed by atoms with Crippen LogP contribution in [0.1, 0.15) is 12.0 Å². The van der Waals surface area contributed by atoms with Gasteiger partial charge in [-0.3, -0.25) is 0 Å². The van der Waals surface area contributed by atoms with E-state index in [-0.39, 0.29) is 6.61 Å². The Bertz CT molecular complexity index is 525. The molecule has 0 aliphatic rings. The van der Waals surface area contributed by atoms with Gasteiger partial charge in [-0.05, 0) is 18.9 Å². The van der Waals surface area contributed by atoms with Crippen LogP contribution >= 0.6 is 11.8 Å². The molecule has 4 nitrogen and oxygen atoms in total. The summed E-state index contributed by atoms with van der Waals surface area (Å²) in [5.41, 5.74) is 2.31. The fourth-order valence-corrected chi connectivity index (χ4v) is 2.56. The highest BCUT2D eigenvalue weighted by molar-refractivity contribution is 7.99. The number of benzene rings is 1. The van der Waals surface area contributed by atoms with Gasteiger partial charge in [-0.1, -0.05) is 36.0 Å². The molecule has 0 aliphatic heterocycles. The molecule has 2 rings (SSSR count). The summed E-state index contributed by atoms with van der Waals surface area (Å²) in [7, 11) is 1.98. The number of thioether (sulfide) groups is 1. The molecule has 18 heavy (non-hydrogen) atoms. The molecule has 0 amide bonds. The highest BCUT2D eigenvalue weighted by Gasteiger charge is 2.12. The summed E-state index contributed by atoms with van der Waals surface area (Å²) in [6.45, 7) is 2.29. The van der Waals surface area contributed by atoms with Crippen molar-refractivity contribution in [3.05, 3.63) is 29.8 Å². The van der Waals surface area contributed by atoms with E-state index >= 15 is 0 Å². The average Bonchev–Trinajstić information content (AvgIpc) is 2.72. The van der Waals surface area contributed by atoms with Gasteiger partial charge < -0.3 is 9.67 Å². The third kappa shape index (κ3) is 2.73. The lowest BCUT2D eigenvalue weighted by molar-refractivity contribution is 0.296. The molecule has 1 aromatic carbocycles. The van der Waals surface area contributed by atoms with Crippen molar-refractivity contribution >= 4 is 11.8 Å². The SMILES string of the molecule is Cc1ccccc1-c1nnc(SCCCO)n1C. The number of aliphatic hydroxyl groups excluding tert-OH is 1. The van der Waals surface area contributed by atoms with Gasteiger partial charge in [-0.2, -0.15) is 0 Å². The lowest BCUT2D eigenvalue weighted by atomic mass is 10.1. The number of hydrogen-bond acceptors (Lipinski definition) is 4. The van der Waals surface area contributed by atoms with Crippen molar-refractivity contribution in [1.82, 2.24) is 14.8 Å². The molecule has 5 heteroatoms. The minimum Gasteiger partial charge on any atom is -0.396 e. The van der Waals surface area contributed by atoms with Crippen molar-refractivity contribution < 1.29 is 5.11 Å². The lowest BCUT2D eigenvalue weighted by Crippen LogP contribution is -1.97. The molecule has 0 saturated carbocycles. The third-order valence-corrected chi connectivity index (χ3v) is 3.86. The normalized spacial score (nSPS) is 10.8.